The molecule has 0 aliphatic carbocycles. The predicted molar refractivity (Wildman–Crippen MR) is 70.2 cm³/mol. The Morgan fingerprint density at radius 3 is 3.00 bits per heavy atom. The number of piperidine rings is 1. The van der Waals surface area contributed by atoms with E-state index < -0.39 is 0 Å². The normalized spacial score (nSPS) is 22.0. The summed E-state index contributed by atoms with van der Waals surface area (Å²) < 4.78 is 5.38. The van der Waals surface area contributed by atoms with E-state index in [0.29, 0.717) is 4.83 Å². The highest BCUT2D eigenvalue weighted by Gasteiger charge is 2.18. The SMILES string of the molecule is COc1ccccc1CN1CCCC(Br)C1. The maximum absolute atomic E-state index is 5.38. The molecule has 3 heteroatoms. The number of hydrogen-bond acceptors (Lipinski definition) is 2. The Labute approximate surface area is 106 Å². The summed E-state index contributed by atoms with van der Waals surface area (Å²) in [6.45, 7) is 3.32. The first-order valence-corrected chi connectivity index (χ1v) is 6.69. The van der Waals surface area contributed by atoms with Gasteiger partial charge < -0.3 is 4.74 Å². The van der Waals surface area contributed by atoms with Gasteiger partial charge in [0.15, 0.2) is 0 Å². The molecule has 1 heterocycles. The van der Waals surface area contributed by atoms with E-state index in [4.69, 9.17) is 4.74 Å². The summed E-state index contributed by atoms with van der Waals surface area (Å²) in [5.41, 5.74) is 1.28. The highest BCUT2D eigenvalue weighted by molar-refractivity contribution is 9.09. The number of halogens is 1. The molecule has 1 saturated heterocycles. The Morgan fingerprint density at radius 2 is 2.25 bits per heavy atom. The van der Waals surface area contributed by atoms with Crippen molar-refractivity contribution >= 4 is 15.9 Å². The lowest BCUT2D eigenvalue weighted by atomic mass is 10.1. The van der Waals surface area contributed by atoms with Gasteiger partial charge in [0.05, 0.1) is 7.11 Å². The number of hydrogen-bond donors (Lipinski definition) is 0. The van der Waals surface area contributed by atoms with Crippen molar-refractivity contribution in [3.63, 3.8) is 0 Å². The monoisotopic (exact) mass is 283 g/mol. The van der Waals surface area contributed by atoms with Gasteiger partial charge in [-0.2, -0.15) is 0 Å². The summed E-state index contributed by atoms with van der Waals surface area (Å²) in [6.07, 6.45) is 2.58. The first-order chi connectivity index (χ1) is 7.79. The predicted octanol–water partition coefficient (Wildman–Crippen LogP) is 3.05. The van der Waals surface area contributed by atoms with Crippen LogP contribution in [0.1, 0.15) is 18.4 Å². The maximum atomic E-state index is 5.38. The molecule has 1 fully saturated rings. The van der Waals surface area contributed by atoms with Gasteiger partial charge in [-0.15, -0.1) is 0 Å². The largest absolute Gasteiger partial charge is 0.496 e. The van der Waals surface area contributed by atoms with Gasteiger partial charge in [0, 0.05) is 23.5 Å². The topological polar surface area (TPSA) is 12.5 Å². The minimum atomic E-state index is 0.649. The summed E-state index contributed by atoms with van der Waals surface area (Å²) in [6, 6.07) is 8.28. The Hall–Kier alpha value is -0.540. The lowest BCUT2D eigenvalue weighted by Crippen LogP contribution is -2.35. The number of ether oxygens (including phenoxy) is 1. The zero-order valence-corrected chi connectivity index (χ0v) is 11.2. The molecule has 1 unspecified atom stereocenters. The first kappa shape index (κ1) is 11.9. The standard InChI is InChI=1S/C13H18BrNO/c1-16-13-7-3-2-5-11(13)9-15-8-4-6-12(14)10-15/h2-3,5,7,12H,4,6,8-10H2,1H3. The van der Waals surface area contributed by atoms with Gasteiger partial charge in [0.25, 0.3) is 0 Å². The van der Waals surface area contributed by atoms with Crippen molar-refractivity contribution in [3.05, 3.63) is 29.8 Å². The fourth-order valence-electron chi connectivity index (χ4n) is 2.22. The van der Waals surface area contributed by atoms with Crippen molar-refractivity contribution in [2.45, 2.75) is 24.2 Å². The van der Waals surface area contributed by atoms with E-state index in [-0.39, 0.29) is 0 Å². The molecule has 0 aromatic heterocycles. The van der Waals surface area contributed by atoms with Crippen LogP contribution in [0.2, 0.25) is 0 Å². The molecule has 0 saturated carbocycles. The zero-order valence-electron chi connectivity index (χ0n) is 9.66. The summed E-state index contributed by atoms with van der Waals surface area (Å²) in [4.78, 5) is 3.14. The van der Waals surface area contributed by atoms with E-state index in [1.807, 2.05) is 12.1 Å². The van der Waals surface area contributed by atoms with E-state index in [1.165, 1.54) is 24.9 Å². The van der Waals surface area contributed by atoms with Crippen molar-refractivity contribution in [3.8, 4) is 5.75 Å². The van der Waals surface area contributed by atoms with E-state index in [1.54, 1.807) is 7.11 Å². The molecule has 88 valence electrons. The number of rotatable bonds is 3. The minimum absolute atomic E-state index is 0.649. The molecule has 1 atom stereocenters. The van der Waals surface area contributed by atoms with Crippen LogP contribution in [0.4, 0.5) is 0 Å². The summed E-state index contributed by atoms with van der Waals surface area (Å²) in [7, 11) is 1.74. The lowest BCUT2D eigenvalue weighted by Gasteiger charge is -2.30. The average molecular weight is 284 g/mol. The quantitative estimate of drug-likeness (QED) is 0.791. The van der Waals surface area contributed by atoms with Gasteiger partial charge in [-0.25, -0.2) is 0 Å². The van der Waals surface area contributed by atoms with E-state index in [0.717, 1.165) is 18.8 Å². The molecule has 0 N–H and O–H groups in total. The smallest absolute Gasteiger partial charge is 0.123 e. The van der Waals surface area contributed by atoms with Crippen LogP contribution in [0.25, 0.3) is 0 Å². The maximum Gasteiger partial charge on any atom is 0.123 e. The highest BCUT2D eigenvalue weighted by atomic mass is 79.9. The number of para-hydroxylation sites is 1. The molecular formula is C13H18BrNO. The van der Waals surface area contributed by atoms with Gasteiger partial charge in [0.1, 0.15) is 5.75 Å². The van der Waals surface area contributed by atoms with Crippen molar-refractivity contribution in [1.82, 2.24) is 4.90 Å². The van der Waals surface area contributed by atoms with Crippen LogP contribution in [-0.2, 0) is 6.54 Å². The third-order valence-electron chi connectivity index (χ3n) is 3.03. The molecule has 1 aromatic carbocycles. The Bertz CT molecular complexity index is 342. The van der Waals surface area contributed by atoms with Crippen LogP contribution in [0, 0.1) is 0 Å². The molecule has 0 amide bonds. The van der Waals surface area contributed by atoms with Gasteiger partial charge in [-0.1, -0.05) is 34.1 Å². The summed E-state index contributed by atoms with van der Waals surface area (Å²) >= 11 is 3.70. The van der Waals surface area contributed by atoms with Gasteiger partial charge in [-0.05, 0) is 25.5 Å². The number of benzene rings is 1. The molecular weight excluding hydrogens is 266 g/mol. The van der Waals surface area contributed by atoms with E-state index in [9.17, 15) is 0 Å². The van der Waals surface area contributed by atoms with Crippen LogP contribution in [-0.4, -0.2) is 29.9 Å². The van der Waals surface area contributed by atoms with Crippen molar-refractivity contribution in [1.29, 1.82) is 0 Å². The van der Waals surface area contributed by atoms with Crippen LogP contribution < -0.4 is 4.74 Å². The first-order valence-electron chi connectivity index (χ1n) is 5.78. The lowest BCUT2D eigenvalue weighted by molar-refractivity contribution is 0.225. The molecule has 1 aliphatic heterocycles. The fourth-order valence-corrected chi connectivity index (χ4v) is 2.95. The molecule has 1 aromatic rings. The van der Waals surface area contributed by atoms with Crippen molar-refractivity contribution < 1.29 is 4.74 Å². The molecule has 16 heavy (non-hydrogen) atoms. The van der Waals surface area contributed by atoms with Gasteiger partial charge in [0.2, 0.25) is 0 Å². The third-order valence-corrected chi connectivity index (χ3v) is 3.78. The van der Waals surface area contributed by atoms with Crippen molar-refractivity contribution in [2.24, 2.45) is 0 Å². The van der Waals surface area contributed by atoms with Crippen LogP contribution in [0.15, 0.2) is 24.3 Å². The summed E-state index contributed by atoms with van der Waals surface area (Å²) in [5, 5.41) is 0. The van der Waals surface area contributed by atoms with Crippen LogP contribution in [0.5, 0.6) is 5.75 Å². The molecule has 0 bridgehead atoms. The number of likely N-dealkylation sites (tertiary alicyclic amines) is 1. The van der Waals surface area contributed by atoms with Crippen LogP contribution >= 0.6 is 15.9 Å². The van der Waals surface area contributed by atoms with E-state index >= 15 is 0 Å². The molecule has 0 spiro atoms. The fraction of sp³-hybridized carbons (Fsp3) is 0.538. The number of methoxy groups -OCH3 is 1. The number of alkyl halides is 1. The average Bonchev–Trinajstić information content (AvgIpc) is 2.30. The molecule has 2 rings (SSSR count). The molecule has 0 radical (unpaired) electrons. The van der Waals surface area contributed by atoms with Gasteiger partial charge >= 0.3 is 0 Å². The highest BCUT2D eigenvalue weighted by Crippen LogP contribution is 2.23. The molecule has 1 aliphatic rings. The summed E-state index contributed by atoms with van der Waals surface area (Å²) in [5.74, 6) is 0.999. The second-order valence-corrected chi connectivity index (χ2v) is 5.58. The van der Waals surface area contributed by atoms with Crippen molar-refractivity contribution in [2.75, 3.05) is 20.2 Å². The second-order valence-electron chi connectivity index (χ2n) is 4.29. The minimum Gasteiger partial charge on any atom is -0.496 e. The zero-order chi connectivity index (χ0) is 11.4. The Morgan fingerprint density at radius 1 is 1.44 bits per heavy atom. The third kappa shape index (κ3) is 2.98. The van der Waals surface area contributed by atoms with Crippen LogP contribution in [0.3, 0.4) is 0 Å². The Kier molecular flexibility index (Phi) is 4.24. The number of nitrogens with zero attached hydrogens (tertiary/aromatic N) is 1. The second kappa shape index (κ2) is 5.69. The Balaban J connectivity index is 2.02. The van der Waals surface area contributed by atoms with E-state index in [2.05, 4.69) is 33.0 Å². The van der Waals surface area contributed by atoms with Gasteiger partial charge in [-0.3, -0.25) is 4.90 Å². The molecule has 2 nitrogen and oxygen atoms in total.